The lowest BCUT2D eigenvalue weighted by Crippen LogP contribution is -2.31. The van der Waals surface area contributed by atoms with Crippen LogP contribution in [0.4, 0.5) is 0 Å². The van der Waals surface area contributed by atoms with Crippen molar-refractivity contribution in [3.05, 3.63) is 34.2 Å². The summed E-state index contributed by atoms with van der Waals surface area (Å²) in [5.41, 5.74) is 0.0634. The highest BCUT2D eigenvalue weighted by molar-refractivity contribution is 5.94. The van der Waals surface area contributed by atoms with Crippen LogP contribution in [0, 0.1) is 12.3 Å². The molecule has 0 radical (unpaired) electrons. The zero-order chi connectivity index (χ0) is 11.3. The minimum atomic E-state index is -0.294. The molecule has 4 nitrogen and oxygen atoms in total. The maximum absolute atomic E-state index is 11.8. The molecule has 1 heterocycles. The van der Waals surface area contributed by atoms with Crippen LogP contribution in [0.5, 0.6) is 0 Å². The van der Waals surface area contributed by atoms with Gasteiger partial charge in [0.25, 0.3) is 5.91 Å². The number of aromatic amines is 1. The summed E-state index contributed by atoms with van der Waals surface area (Å²) in [5.74, 6) is 2.18. The Labute approximate surface area is 87.9 Å². The Morgan fingerprint density at radius 2 is 2.40 bits per heavy atom. The van der Waals surface area contributed by atoms with E-state index < -0.39 is 0 Å². The SMILES string of the molecule is C#CCN(CC)C(=O)c1cc[nH]c(=O)c1. The van der Waals surface area contributed by atoms with E-state index in [2.05, 4.69) is 10.9 Å². The number of rotatable bonds is 3. The molecule has 1 rings (SSSR count). The van der Waals surface area contributed by atoms with Gasteiger partial charge in [-0.15, -0.1) is 6.42 Å². The molecular formula is C11H12N2O2. The van der Waals surface area contributed by atoms with Crippen molar-refractivity contribution in [1.82, 2.24) is 9.88 Å². The molecule has 78 valence electrons. The monoisotopic (exact) mass is 204 g/mol. The van der Waals surface area contributed by atoms with E-state index in [1.807, 2.05) is 6.92 Å². The Morgan fingerprint density at radius 1 is 1.67 bits per heavy atom. The van der Waals surface area contributed by atoms with Crippen LogP contribution >= 0.6 is 0 Å². The summed E-state index contributed by atoms with van der Waals surface area (Å²) in [5, 5.41) is 0. The second kappa shape index (κ2) is 5.01. The molecule has 0 saturated heterocycles. The maximum atomic E-state index is 11.8. The third kappa shape index (κ3) is 2.71. The van der Waals surface area contributed by atoms with Crippen LogP contribution in [0.15, 0.2) is 23.1 Å². The van der Waals surface area contributed by atoms with Gasteiger partial charge in [-0.05, 0) is 13.0 Å². The number of carbonyl (C=O) groups excluding carboxylic acids is 1. The molecule has 0 unspecified atom stereocenters. The van der Waals surface area contributed by atoms with Gasteiger partial charge in [-0.3, -0.25) is 9.59 Å². The second-order valence-electron chi connectivity index (χ2n) is 2.97. The minimum Gasteiger partial charge on any atom is -0.329 e. The van der Waals surface area contributed by atoms with E-state index >= 15 is 0 Å². The molecule has 0 bridgehead atoms. The standard InChI is InChI=1S/C11H12N2O2/c1-3-7-13(4-2)11(15)9-5-6-12-10(14)8-9/h1,5-6,8H,4,7H2,2H3,(H,12,14). The Morgan fingerprint density at radius 3 is 2.93 bits per heavy atom. The van der Waals surface area contributed by atoms with E-state index in [0.29, 0.717) is 12.1 Å². The number of hydrogen-bond acceptors (Lipinski definition) is 2. The van der Waals surface area contributed by atoms with Crippen molar-refractivity contribution in [1.29, 1.82) is 0 Å². The highest BCUT2D eigenvalue weighted by Gasteiger charge is 2.12. The van der Waals surface area contributed by atoms with Gasteiger partial charge in [-0.25, -0.2) is 0 Å². The maximum Gasteiger partial charge on any atom is 0.254 e. The van der Waals surface area contributed by atoms with Gasteiger partial charge < -0.3 is 9.88 Å². The number of pyridine rings is 1. The largest absolute Gasteiger partial charge is 0.329 e. The summed E-state index contributed by atoms with van der Waals surface area (Å²) in [4.78, 5) is 26.7. The summed E-state index contributed by atoms with van der Waals surface area (Å²) in [6, 6.07) is 2.82. The van der Waals surface area contributed by atoms with E-state index in [0.717, 1.165) is 0 Å². The molecule has 1 aromatic heterocycles. The lowest BCUT2D eigenvalue weighted by molar-refractivity contribution is 0.0784. The van der Waals surface area contributed by atoms with E-state index in [1.165, 1.54) is 17.2 Å². The molecule has 0 aliphatic heterocycles. The molecule has 0 atom stereocenters. The Kier molecular flexibility index (Phi) is 3.69. The molecule has 1 aromatic rings. The molecule has 0 aliphatic rings. The molecule has 0 fully saturated rings. The molecular weight excluding hydrogens is 192 g/mol. The van der Waals surface area contributed by atoms with Crippen molar-refractivity contribution < 1.29 is 4.79 Å². The van der Waals surface area contributed by atoms with Crippen molar-refractivity contribution in [3.63, 3.8) is 0 Å². The first kappa shape index (κ1) is 11.1. The summed E-state index contributed by atoms with van der Waals surface area (Å²) in [6.45, 7) is 2.61. The third-order valence-corrected chi connectivity index (χ3v) is 1.97. The molecule has 0 saturated carbocycles. The first-order valence-corrected chi connectivity index (χ1v) is 4.60. The van der Waals surface area contributed by atoms with Gasteiger partial charge in [0.15, 0.2) is 0 Å². The number of nitrogens with zero attached hydrogens (tertiary/aromatic N) is 1. The number of nitrogens with one attached hydrogen (secondary N) is 1. The lowest BCUT2D eigenvalue weighted by Gasteiger charge is -2.17. The molecule has 0 aliphatic carbocycles. The normalized spacial score (nSPS) is 9.33. The second-order valence-corrected chi connectivity index (χ2v) is 2.97. The molecule has 1 amide bonds. The van der Waals surface area contributed by atoms with Gasteiger partial charge in [0.05, 0.1) is 6.54 Å². The van der Waals surface area contributed by atoms with Crippen LogP contribution in [0.1, 0.15) is 17.3 Å². The van der Waals surface area contributed by atoms with Crippen LogP contribution in [0.2, 0.25) is 0 Å². The fourth-order valence-corrected chi connectivity index (χ4v) is 1.20. The Bertz CT molecular complexity index is 442. The lowest BCUT2D eigenvalue weighted by atomic mass is 10.2. The minimum absolute atomic E-state index is 0.221. The average Bonchev–Trinajstić information content (AvgIpc) is 2.25. The number of aromatic nitrogens is 1. The van der Waals surface area contributed by atoms with E-state index in [9.17, 15) is 9.59 Å². The van der Waals surface area contributed by atoms with Gasteiger partial charge in [-0.1, -0.05) is 5.92 Å². The molecule has 0 spiro atoms. The van der Waals surface area contributed by atoms with Crippen molar-refractivity contribution in [2.75, 3.05) is 13.1 Å². The van der Waals surface area contributed by atoms with E-state index in [-0.39, 0.29) is 18.0 Å². The molecule has 15 heavy (non-hydrogen) atoms. The van der Waals surface area contributed by atoms with Gasteiger partial charge >= 0.3 is 0 Å². The van der Waals surface area contributed by atoms with Crippen molar-refractivity contribution >= 4 is 5.91 Å². The Balaban J connectivity index is 2.93. The number of carbonyl (C=O) groups is 1. The van der Waals surface area contributed by atoms with Crippen LogP contribution in [-0.4, -0.2) is 28.9 Å². The van der Waals surface area contributed by atoms with E-state index in [4.69, 9.17) is 6.42 Å². The first-order chi connectivity index (χ1) is 7.19. The van der Waals surface area contributed by atoms with Crippen LogP contribution in [-0.2, 0) is 0 Å². The fraction of sp³-hybridized carbons (Fsp3) is 0.273. The van der Waals surface area contributed by atoms with Gasteiger partial charge in [-0.2, -0.15) is 0 Å². The summed E-state index contributed by atoms with van der Waals surface area (Å²) in [7, 11) is 0. The van der Waals surface area contributed by atoms with Gasteiger partial charge in [0.1, 0.15) is 0 Å². The molecule has 0 aromatic carbocycles. The summed E-state index contributed by atoms with van der Waals surface area (Å²) >= 11 is 0. The summed E-state index contributed by atoms with van der Waals surface area (Å²) in [6.07, 6.45) is 6.58. The van der Waals surface area contributed by atoms with Crippen LogP contribution < -0.4 is 5.56 Å². The smallest absolute Gasteiger partial charge is 0.254 e. The van der Waals surface area contributed by atoms with Gasteiger partial charge in [0.2, 0.25) is 5.56 Å². The summed E-state index contributed by atoms with van der Waals surface area (Å²) < 4.78 is 0. The first-order valence-electron chi connectivity index (χ1n) is 4.60. The highest BCUT2D eigenvalue weighted by Crippen LogP contribution is 2.00. The zero-order valence-corrected chi connectivity index (χ0v) is 8.49. The highest BCUT2D eigenvalue weighted by atomic mass is 16.2. The predicted octanol–water partition coefficient (Wildman–Crippen LogP) is 0.470. The zero-order valence-electron chi connectivity index (χ0n) is 8.49. The van der Waals surface area contributed by atoms with Gasteiger partial charge in [0, 0.05) is 24.4 Å². The topological polar surface area (TPSA) is 53.2 Å². The van der Waals surface area contributed by atoms with Crippen LogP contribution in [0.25, 0.3) is 0 Å². The average molecular weight is 204 g/mol. The number of H-pyrrole nitrogens is 1. The number of terminal acetylenes is 1. The molecule has 4 heteroatoms. The Hall–Kier alpha value is -2.02. The quantitative estimate of drug-likeness (QED) is 0.728. The fourth-order valence-electron chi connectivity index (χ4n) is 1.20. The number of amides is 1. The van der Waals surface area contributed by atoms with Crippen molar-refractivity contribution in [2.24, 2.45) is 0 Å². The third-order valence-electron chi connectivity index (χ3n) is 1.97. The number of hydrogen-bond donors (Lipinski definition) is 1. The van der Waals surface area contributed by atoms with Crippen LogP contribution in [0.3, 0.4) is 0 Å². The van der Waals surface area contributed by atoms with Crippen molar-refractivity contribution in [3.8, 4) is 12.3 Å². The predicted molar refractivity (Wildman–Crippen MR) is 57.5 cm³/mol. The molecule has 1 N–H and O–H groups in total. The van der Waals surface area contributed by atoms with E-state index in [1.54, 1.807) is 6.07 Å². The van der Waals surface area contributed by atoms with Crippen molar-refractivity contribution in [2.45, 2.75) is 6.92 Å².